The van der Waals surface area contributed by atoms with Crippen molar-refractivity contribution < 1.29 is 9.90 Å². The van der Waals surface area contributed by atoms with Crippen LogP contribution in [0, 0.1) is 5.41 Å². The largest absolute Gasteiger partial charge is 0.392 e. The van der Waals surface area contributed by atoms with Crippen molar-refractivity contribution >= 4 is 5.78 Å². The SMILES string of the molecule is CC(=O)C1(/C=C/CO)CCCCC1. The summed E-state index contributed by atoms with van der Waals surface area (Å²) < 4.78 is 0. The van der Waals surface area contributed by atoms with Crippen molar-refractivity contribution in [3.63, 3.8) is 0 Å². The molecule has 0 aromatic carbocycles. The lowest BCUT2D eigenvalue weighted by Crippen LogP contribution is -2.29. The molecule has 2 heteroatoms. The van der Waals surface area contributed by atoms with E-state index in [4.69, 9.17) is 5.11 Å². The quantitative estimate of drug-likeness (QED) is 0.678. The monoisotopic (exact) mass is 182 g/mol. The maximum atomic E-state index is 11.5. The lowest BCUT2D eigenvalue weighted by Gasteiger charge is -2.31. The third kappa shape index (κ3) is 2.41. The second-order valence-electron chi connectivity index (χ2n) is 3.86. The summed E-state index contributed by atoms with van der Waals surface area (Å²) in [5, 5.41) is 8.70. The maximum absolute atomic E-state index is 11.5. The average molecular weight is 182 g/mol. The van der Waals surface area contributed by atoms with Gasteiger partial charge in [0.25, 0.3) is 0 Å². The van der Waals surface area contributed by atoms with Crippen LogP contribution < -0.4 is 0 Å². The molecule has 1 N–H and O–H groups in total. The smallest absolute Gasteiger partial charge is 0.139 e. The first-order valence-corrected chi connectivity index (χ1v) is 5.01. The number of ketones is 1. The van der Waals surface area contributed by atoms with Gasteiger partial charge in [-0.1, -0.05) is 31.4 Å². The zero-order valence-electron chi connectivity index (χ0n) is 8.25. The Kier molecular flexibility index (Phi) is 3.67. The van der Waals surface area contributed by atoms with Crippen LogP contribution in [0.5, 0.6) is 0 Å². The van der Waals surface area contributed by atoms with E-state index < -0.39 is 0 Å². The van der Waals surface area contributed by atoms with Gasteiger partial charge in [-0.25, -0.2) is 0 Å². The molecule has 13 heavy (non-hydrogen) atoms. The highest BCUT2D eigenvalue weighted by atomic mass is 16.2. The highest BCUT2D eigenvalue weighted by molar-refractivity contribution is 5.84. The van der Waals surface area contributed by atoms with Gasteiger partial charge in [0, 0.05) is 5.41 Å². The minimum absolute atomic E-state index is 0.0367. The van der Waals surface area contributed by atoms with Gasteiger partial charge in [0.15, 0.2) is 0 Å². The van der Waals surface area contributed by atoms with Gasteiger partial charge in [0.05, 0.1) is 6.61 Å². The lowest BCUT2D eigenvalue weighted by atomic mass is 9.71. The van der Waals surface area contributed by atoms with Crippen LogP contribution in [0.3, 0.4) is 0 Å². The number of Topliss-reactive ketones (excluding diaryl/α,β-unsaturated/α-hetero) is 1. The Labute approximate surface area is 79.6 Å². The molecular formula is C11H18O2. The summed E-state index contributed by atoms with van der Waals surface area (Å²) in [6.45, 7) is 1.70. The first-order chi connectivity index (χ1) is 6.21. The second kappa shape index (κ2) is 4.56. The van der Waals surface area contributed by atoms with Crippen LogP contribution >= 0.6 is 0 Å². The van der Waals surface area contributed by atoms with E-state index in [9.17, 15) is 4.79 Å². The van der Waals surface area contributed by atoms with E-state index in [1.165, 1.54) is 6.42 Å². The highest BCUT2D eigenvalue weighted by Crippen LogP contribution is 2.38. The summed E-state index contributed by atoms with van der Waals surface area (Å²) in [6, 6.07) is 0. The summed E-state index contributed by atoms with van der Waals surface area (Å²) in [5.41, 5.74) is -0.249. The second-order valence-corrected chi connectivity index (χ2v) is 3.86. The van der Waals surface area contributed by atoms with Crippen LogP contribution in [0.2, 0.25) is 0 Å². The lowest BCUT2D eigenvalue weighted by molar-refractivity contribution is -0.125. The van der Waals surface area contributed by atoms with Crippen LogP contribution in [0.25, 0.3) is 0 Å². The van der Waals surface area contributed by atoms with Crippen LogP contribution in [0.4, 0.5) is 0 Å². The number of allylic oxidation sites excluding steroid dienone is 1. The Morgan fingerprint density at radius 3 is 2.46 bits per heavy atom. The van der Waals surface area contributed by atoms with E-state index in [-0.39, 0.29) is 17.8 Å². The minimum Gasteiger partial charge on any atom is -0.392 e. The summed E-state index contributed by atoms with van der Waals surface area (Å²) in [7, 11) is 0. The van der Waals surface area contributed by atoms with Gasteiger partial charge in [-0.15, -0.1) is 0 Å². The molecule has 1 aliphatic carbocycles. The van der Waals surface area contributed by atoms with Crippen molar-refractivity contribution in [1.82, 2.24) is 0 Å². The van der Waals surface area contributed by atoms with Crippen molar-refractivity contribution in [3.05, 3.63) is 12.2 Å². The van der Waals surface area contributed by atoms with E-state index >= 15 is 0 Å². The van der Waals surface area contributed by atoms with Gasteiger partial charge in [0.2, 0.25) is 0 Å². The fraction of sp³-hybridized carbons (Fsp3) is 0.727. The predicted octanol–water partition coefficient (Wildman–Crippen LogP) is 2.07. The molecule has 0 spiro atoms. The number of carbonyl (C=O) groups excluding carboxylic acids is 1. The van der Waals surface area contributed by atoms with E-state index in [1.54, 1.807) is 13.0 Å². The molecule has 0 heterocycles. The molecule has 0 saturated heterocycles. The highest BCUT2D eigenvalue weighted by Gasteiger charge is 2.33. The first-order valence-electron chi connectivity index (χ1n) is 5.01. The normalized spacial score (nSPS) is 22.0. The topological polar surface area (TPSA) is 37.3 Å². The molecule has 0 amide bonds. The summed E-state index contributed by atoms with van der Waals surface area (Å²) >= 11 is 0. The molecule has 1 saturated carbocycles. The Morgan fingerprint density at radius 1 is 1.38 bits per heavy atom. The molecule has 0 unspecified atom stereocenters. The number of carbonyl (C=O) groups is 1. The number of aliphatic hydroxyl groups is 1. The standard InChI is InChI=1S/C11H18O2/c1-10(13)11(8-5-9-12)6-3-2-4-7-11/h5,8,12H,2-4,6-7,9H2,1H3/b8-5+. The number of hydrogen-bond donors (Lipinski definition) is 1. The van der Waals surface area contributed by atoms with Crippen LogP contribution in [-0.4, -0.2) is 17.5 Å². The fourth-order valence-corrected chi connectivity index (χ4v) is 2.10. The van der Waals surface area contributed by atoms with Gasteiger partial charge in [-0.3, -0.25) is 4.79 Å². The molecular weight excluding hydrogens is 164 g/mol. The van der Waals surface area contributed by atoms with E-state index in [1.807, 2.05) is 6.08 Å². The van der Waals surface area contributed by atoms with Gasteiger partial charge in [0.1, 0.15) is 5.78 Å². The zero-order chi connectivity index (χ0) is 9.73. The number of hydrogen-bond acceptors (Lipinski definition) is 2. The summed E-state index contributed by atoms with van der Waals surface area (Å²) in [5.74, 6) is 0.247. The van der Waals surface area contributed by atoms with Crippen LogP contribution in [0.15, 0.2) is 12.2 Å². The van der Waals surface area contributed by atoms with Crippen molar-refractivity contribution in [1.29, 1.82) is 0 Å². The Balaban J connectivity index is 2.73. The fourth-order valence-electron chi connectivity index (χ4n) is 2.10. The molecule has 0 radical (unpaired) electrons. The molecule has 0 aromatic rings. The molecule has 1 aliphatic rings. The van der Waals surface area contributed by atoms with Gasteiger partial charge < -0.3 is 5.11 Å². The number of rotatable bonds is 3. The molecule has 74 valence electrons. The van der Waals surface area contributed by atoms with Crippen molar-refractivity contribution in [2.45, 2.75) is 39.0 Å². The molecule has 1 fully saturated rings. The Hall–Kier alpha value is -0.630. The molecule has 0 aliphatic heterocycles. The summed E-state index contributed by atoms with van der Waals surface area (Å²) in [4.78, 5) is 11.5. The van der Waals surface area contributed by atoms with Gasteiger partial charge in [-0.05, 0) is 19.8 Å². The van der Waals surface area contributed by atoms with Crippen molar-refractivity contribution in [2.24, 2.45) is 5.41 Å². The minimum atomic E-state index is -0.249. The molecule has 2 nitrogen and oxygen atoms in total. The Bertz CT molecular complexity index is 200. The zero-order valence-corrected chi connectivity index (χ0v) is 8.25. The average Bonchev–Trinajstić information content (AvgIpc) is 2.16. The molecule has 0 aromatic heterocycles. The van der Waals surface area contributed by atoms with E-state index in [0.717, 1.165) is 25.7 Å². The maximum Gasteiger partial charge on any atom is 0.139 e. The van der Waals surface area contributed by atoms with Crippen LogP contribution in [-0.2, 0) is 4.79 Å². The van der Waals surface area contributed by atoms with Crippen LogP contribution in [0.1, 0.15) is 39.0 Å². The Morgan fingerprint density at radius 2 is 2.00 bits per heavy atom. The number of aliphatic hydroxyl groups excluding tert-OH is 1. The summed E-state index contributed by atoms with van der Waals surface area (Å²) in [6.07, 6.45) is 9.03. The first kappa shape index (κ1) is 10.5. The predicted molar refractivity (Wildman–Crippen MR) is 52.4 cm³/mol. The third-order valence-electron chi connectivity index (χ3n) is 2.99. The van der Waals surface area contributed by atoms with Gasteiger partial charge >= 0.3 is 0 Å². The van der Waals surface area contributed by atoms with Gasteiger partial charge in [-0.2, -0.15) is 0 Å². The molecule has 0 bridgehead atoms. The van der Waals surface area contributed by atoms with Crippen molar-refractivity contribution in [2.75, 3.05) is 6.61 Å². The van der Waals surface area contributed by atoms with E-state index in [2.05, 4.69) is 0 Å². The molecule has 1 rings (SSSR count). The van der Waals surface area contributed by atoms with E-state index in [0.29, 0.717) is 0 Å². The molecule has 0 atom stereocenters. The third-order valence-corrected chi connectivity index (χ3v) is 2.99. The van der Waals surface area contributed by atoms with Crippen molar-refractivity contribution in [3.8, 4) is 0 Å².